The lowest BCUT2D eigenvalue weighted by Gasteiger charge is -2.15. The van der Waals surface area contributed by atoms with Crippen LogP contribution in [0.3, 0.4) is 0 Å². The van der Waals surface area contributed by atoms with Gasteiger partial charge in [-0.05, 0) is 80.6 Å². The average Bonchev–Trinajstić information content (AvgIpc) is 3.65. The third kappa shape index (κ3) is 3.90. The number of aryl methyl sites for hydroxylation is 1. The minimum atomic E-state index is 1.26. The molecule has 0 amide bonds. The van der Waals surface area contributed by atoms with Gasteiger partial charge in [0.2, 0.25) is 0 Å². The van der Waals surface area contributed by atoms with Crippen LogP contribution in [-0.2, 0) is 0 Å². The summed E-state index contributed by atoms with van der Waals surface area (Å²) < 4.78 is 0. The van der Waals surface area contributed by atoms with Crippen molar-refractivity contribution in [3.63, 3.8) is 0 Å². The Morgan fingerprint density at radius 1 is 0.351 bits per heavy atom. The number of hydrogen-bond donors (Lipinski definition) is 0. The lowest BCUT2D eigenvalue weighted by molar-refractivity contribution is 1.57. The van der Waals surface area contributed by atoms with Crippen molar-refractivity contribution in [3.05, 3.63) is 133 Å². The van der Waals surface area contributed by atoms with Gasteiger partial charge < -0.3 is 0 Å². The number of benzene rings is 5. The molecule has 37 heavy (non-hydrogen) atoms. The Morgan fingerprint density at radius 2 is 0.757 bits per heavy atom. The van der Waals surface area contributed by atoms with E-state index in [0.29, 0.717) is 0 Å². The van der Waals surface area contributed by atoms with Crippen LogP contribution in [0.1, 0.15) is 5.56 Å². The fourth-order valence-corrected chi connectivity index (χ4v) is 7.43. The Balaban J connectivity index is 1.25. The Morgan fingerprint density at radius 3 is 1.30 bits per heavy atom. The fourth-order valence-electron chi connectivity index (χ4n) is 5.31. The van der Waals surface area contributed by atoms with Gasteiger partial charge in [0.1, 0.15) is 0 Å². The van der Waals surface area contributed by atoms with Crippen LogP contribution in [0.5, 0.6) is 0 Å². The molecule has 0 radical (unpaired) electrons. The molecule has 0 atom stereocenters. The molecule has 7 rings (SSSR count). The number of thiophene rings is 2. The van der Waals surface area contributed by atoms with E-state index in [1.54, 1.807) is 0 Å². The first kappa shape index (κ1) is 22.2. The first-order valence-electron chi connectivity index (χ1n) is 12.5. The normalized spacial score (nSPS) is 11.4. The van der Waals surface area contributed by atoms with Gasteiger partial charge in [0.25, 0.3) is 0 Å². The quantitative estimate of drug-likeness (QED) is 0.207. The smallest absolute Gasteiger partial charge is 0.0449 e. The average molecular weight is 509 g/mol. The molecule has 0 aliphatic rings. The molecule has 2 aromatic heterocycles. The van der Waals surface area contributed by atoms with E-state index in [1.807, 2.05) is 22.7 Å². The van der Waals surface area contributed by atoms with Crippen LogP contribution in [0, 0.1) is 6.92 Å². The van der Waals surface area contributed by atoms with Crippen LogP contribution in [-0.4, -0.2) is 0 Å². The van der Waals surface area contributed by atoms with E-state index < -0.39 is 0 Å². The summed E-state index contributed by atoms with van der Waals surface area (Å²) in [7, 11) is 0. The van der Waals surface area contributed by atoms with Gasteiger partial charge in [0, 0.05) is 19.5 Å². The SMILES string of the molecule is Cc1c2ccccc2c(-c2ccc(-c3ccc(-c4ccc(-c5ccccc5)s4)s3)cc2)c2ccccc12. The van der Waals surface area contributed by atoms with E-state index >= 15 is 0 Å². The van der Waals surface area contributed by atoms with Gasteiger partial charge in [-0.15, -0.1) is 22.7 Å². The Labute approximate surface area is 225 Å². The van der Waals surface area contributed by atoms with E-state index in [0.717, 1.165) is 0 Å². The predicted molar refractivity (Wildman–Crippen MR) is 164 cm³/mol. The third-order valence-electron chi connectivity index (χ3n) is 7.17. The van der Waals surface area contributed by atoms with Crippen LogP contribution in [0.4, 0.5) is 0 Å². The van der Waals surface area contributed by atoms with Gasteiger partial charge in [-0.25, -0.2) is 0 Å². The van der Waals surface area contributed by atoms with Crippen LogP contribution < -0.4 is 0 Å². The first-order valence-corrected chi connectivity index (χ1v) is 14.2. The standard InChI is InChI=1S/C35H24S2/c1-23-27-11-5-7-13-29(27)35(30-14-8-6-12-28(23)30)26-17-15-25(16-18-26)32-20-22-34(37-32)33-21-19-31(36-33)24-9-3-2-4-10-24/h2-22H,1H3. The van der Waals surface area contributed by atoms with Gasteiger partial charge >= 0.3 is 0 Å². The van der Waals surface area contributed by atoms with E-state index in [2.05, 4.69) is 134 Å². The summed E-state index contributed by atoms with van der Waals surface area (Å²) in [6, 6.07) is 46.3. The molecule has 176 valence electrons. The summed E-state index contributed by atoms with van der Waals surface area (Å²) in [5.41, 5.74) is 6.48. The molecule has 2 heterocycles. The molecule has 0 unspecified atom stereocenters. The fraction of sp³-hybridized carbons (Fsp3) is 0.0286. The zero-order valence-corrected chi connectivity index (χ0v) is 22.1. The predicted octanol–water partition coefficient (Wildman–Crippen LogP) is 11.1. The molecule has 2 heteroatoms. The summed E-state index contributed by atoms with van der Waals surface area (Å²) in [5, 5.41) is 5.29. The van der Waals surface area contributed by atoms with Crippen LogP contribution >= 0.6 is 22.7 Å². The molecule has 0 spiro atoms. The summed E-state index contributed by atoms with van der Waals surface area (Å²) in [5.74, 6) is 0. The van der Waals surface area contributed by atoms with E-state index in [4.69, 9.17) is 0 Å². The van der Waals surface area contributed by atoms with Gasteiger partial charge in [0.05, 0.1) is 0 Å². The Bertz CT molecular complexity index is 1810. The maximum Gasteiger partial charge on any atom is 0.0449 e. The van der Waals surface area contributed by atoms with Crippen molar-refractivity contribution in [2.75, 3.05) is 0 Å². The summed E-state index contributed by atoms with van der Waals surface area (Å²) in [6.07, 6.45) is 0. The highest BCUT2D eigenvalue weighted by atomic mass is 32.1. The highest BCUT2D eigenvalue weighted by Crippen LogP contribution is 2.42. The van der Waals surface area contributed by atoms with Crippen molar-refractivity contribution in [3.8, 4) is 41.8 Å². The zero-order valence-electron chi connectivity index (χ0n) is 20.4. The second kappa shape index (κ2) is 9.15. The van der Waals surface area contributed by atoms with Gasteiger partial charge in [-0.1, -0.05) is 103 Å². The lowest BCUT2D eigenvalue weighted by Crippen LogP contribution is -1.89. The van der Waals surface area contributed by atoms with Crippen molar-refractivity contribution in [1.29, 1.82) is 0 Å². The molecule has 0 N–H and O–H groups in total. The highest BCUT2D eigenvalue weighted by Gasteiger charge is 2.14. The molecule has 0 bridgehead atoms. The summed E-state index contributed by atoms with van der Waals surface area (Å²) >= 11 is 3.73. The van der Waals surface area contributed by atoms with Crippen molar-refractivity contribution in [2.45, 2.75) is 6.92 Å². The zero-order chi connectivity index (χ0) is 24.8. The van der Waals surface area contributed by atoms with Gasteiger partial charge in [-0.3, -0.25) is 0 Å². The molecular formula is C35H24S2. The number of hydrogen-bond acceptors (Lipinski definition) is 2. The largest absolute Gasteiger partial charge is 0.134 e. The molecule has 0 saturated heterocycles. The minimum Gasteiger partial charge on any atom is -0.134 e. The molecule has 0 nitrogen and oxygen atoms in total. The lowest BCUT2D eigenvalue weighted by atomic mass is 9.89. The van der Waals surface area contributed by atoms with Crippen molar-refractivity contribution < 1.29 is 0 Å². The maximum absolute atomic E-state index is 2.29. The van der Waals surface area contributed by atoms with Crippen LogP contribution in [0.2, 0.25) is 0 Å². The maximum atomic E-state index is 2.29. The van der Waals surface area contributed by atoms with Crippen molar-refractivity contribution in [2.24, 2.45) is 0 Å². The molecule has 0 aliphatic carbocycles. The monoisotopic (exact) mass is 508 g/mol. The van der Waals surface area contributed by atoms with Crippen LogP contribution in [0.15, 0.2) is 127 Å². The molecular weight excluding hydrogens is 485 g/mol. The third-order valence-corrected chi connectivity index (χ3v) is 9.64. The molecule has 0 fully saturated rings. The van der Waals surface area contributed by atoms with Crippen LogP contribution in [0.25, 0.3) is 63.3 Å². The van der Waals surface area contributed by atoms with Gasteiger partial charge in [-0.2, -0.15) is 0 Å². The Hall–Kier alpha value is -3.98. The van der Waals surface area contributed by atoms with Gasteiger partial charge in [0.15, 0.2) is 0 Å². The molecule has 5 aromatic carbocycles. The first-order chi connectivity index (χ1) is 18.3. The molecule has 0 aliphatic heterocycles. The Kier molecular flexibility index (Phi) is 5.50. The van der Waals surface area contributed by atoms with Crippen molar-refractivity contribution >= 4 is 44.2 Å². The molecule has 7 aromatic rings. The topological polar surface area (TPSA) is 0 Å². The van der Waals surface area contributed by atoms with E-state index in [-0.39, 0.29) is 0 Å². The van der Waals surface area contributed by atoms with Crippen molar-refractivity contribution in [1.82, 2.24) is 0 Å². The summed E-state index contributed by atoms with van der Waals surface area (Å²) in [4.78, 5) is 5.26. The number of fused-ring (bicyclic) bond motifs is 2. The van der Waals surface area contributed by atoms with E-state index in [9.17, 15) is 0 Å². The second-order valence-electron chi connectivity index (χ2n) is 9.36. The highest BCUT2D eigenvalue weighted by molar-refractivity contribution is 7.25. The minimum absolute atomic E-state index is 1.26. The van der Waals surface area contributed by atoms with E-state index in [1.165, 1.54) is 68.9 Å². The summed E-state index contributed by atoms with van der Waals surface area (Å²) in [6.45, 7) is 2.24. The molecule has 0 saturated carbocycles. The second-order valence-corrected chi connectivity index (χ2v) is 11.5. The number of rotatable bonds is 4.